The van der Waals surface area contributed by atoms with Gasteiger partial charge in [-0.3, -0.25) is 4.79 Å². The first-order chi connectivity index (χ1) is 13.5. The number of amidine groups is 1. The van der Waals surface area contributed by atoms with E-state index >= 15 is 0 Å². The van der Waals surface area contributed by atoms with Crippen molar-refractivity contribution in [2.75, 3.05) is 13.2 Å². The fourth-order valence-electron chi connectivity index (χ4n) is 2.98. The van der Waals surface area contributed by atoms with Crippen molar-refractivity contribution in [3.8, 4) is 5.06 Å². The molecule has 0 amide bonds. The van der Waals surface area contributed by atoms with E-state index in [0.717, 1.165) is 30.5 Å². The van der Waals surface area contributed by atoms with Gasteiger partial charge in [-0.05, 0) is 49.6 Å². The summed E-state index contributed by atoms with van der Waals surface area (Å²) >= 11 is 14.1. The molecule has 150 valence electrons. The predicted molar refractivity (Wildman–Crippen MR) is 114 cm³/mol. The number of oxime groups is 1. The molecule has 0 radical (unpaired) electrons. The molecule has 5 nitrogen and oxygen atoms in total. The minimum absolute atomic E-state index is 0.192. The van der Waals surface area contributed by atoms with Crippen LogP contribution in [0.1, 0.15) is 42.7 Å². The first-order valence-electron chi connectivity index (χ1n) is 9.24. The molecule has 0 fully saturated rings. The number of rotatable bonds is 6. The number of esters is 1. The van der Waals surface area contributed by atoms with E-state index in [1.165, 1.54) is 16.2 Å². The summed E-state index contributed by atoms with van der Waals surface area (Å²) in [6.45, 7) is 5.68. The summed E-state index contributed by atoms with van der Waals surface area (Å²) in [5.74, 6) is 0.456. The first kappa shape index (κ1) is 21.0. The van der Waals surface area contributed by atoms with Crippen LogP contribution in [0.15, 0.2) is 29.4 Å². The third-order valence-corrected chi connectivity index (χ3v) is 5.94. The molecule has 0 N–H and O–H groups in total. The maximum Gasteiger partial charge on any atom is 0.311 e. The second kappa shape index (κ2) is 9.63. The summed E-state index contributed by atoms with van der Waals surface area (Å²) in [4.78, 5) is 20.5. The van der Waals surface area contributed by atoms with Gasteiger partial charge in [-0.1, -0.05) is 35.3 Å². The molecule has 3 rings (SSSR count). The van der Waals surface area contributed by atoms with Crippen LogP contribution in [0.25, 0.3) is 0 Å². The number of halogens is 2. The second-order valence-corrected chi connectivity index (χ2v) is 8.31. The van der Waals surface area contributed by atoms with Crippen LogP contribution < -0.4 is 4.74 Å². The largest absolute Gasteiger partial charge is 0.415 e. The van der Waals surface area contributed by atoms with Crippen LogP contribution in [-0.2, 0) is 22.6 Å². The Bertz CT molecular complexity index is 882. The highest BCUT2D eigenvalue weighted by Gasteiger charge is 2.25. The van der Waals surface area contributed by atoms with Gasteiger partial charge in [-0.2, -0.15) is 0 Å². The quantitative estimate of drug-likeness (QED) is 0.257. The minimum atomic E-state index is -0.192. The topological polar surface area (TPSA) is 51.1 Å². The highest BCUT2D eigenvalue weighted by atomic mass is 35.5. The monoisotopic (exact) mass is 440 g/mol. The number of fused-ring (bicyclic) bond motifs is 1. The molecule has 1 aromatic heterocycles. The van der Waals surface area contributed by atoms with Crippen molar-refractivity contribution < 1.29 is 14.4 Å². The molecule has 1 aliphatic rings. The smallest absolute Gasteiger partial charge is 0.311 e. The predicted octanol–water partition coefficient (Wildman–Crippen LogP) is 5.52. The Kier molecular flexibility index (Phi) is 7.21. The van der Waals surface area contributed by atoms with Crippen LogP contribution in [0.5, 0.6) is 5.06 Å². The molecule has 0 spiro atoms. The number of ether oxygens (including phenoxy) is 1. The summed E-state index contributed by atoms with van der Waals surface area (Å²) < 4.78 is 5.46. The molecule has 0 saturated carbocycles. The molecule has 0 aliphatic carbocycles. The molecule has 8 heteroatoms. The van der Waals surface area contributed by atoms with E-state index in [-0.39, 0.29) is 5.97 Å². The Balaban J connectivity index is 1.84. The van der Waals surface area contributed by atoms with Crippen molar-refractivity contribution in [3.05, 3.63) is 50.3 Å². The molecular weight excluding hydrogens is 419 g/mol. The lowest BCUT2D eigenvalue weighted by Crippen LogP contribution is -2.36. The van der Waals surface area contributed by atoms with Gasteiger partial charge >= 0.3 is 5.97 Å². The highest BCUT2D eigenvalue weighted by molar-refractivity contribution is 7.14. The van der Waals surface area contributed by atoms with Gasteiger partial charge in [0.25, 0.3) is 0 Å². The van der Waals surface area contributed by atoms with E-state index in [2.05, 4.69) is 10.1 Å². The lowest BCUT2D eigenvalue weighted by Gasteiger charge is -2.29. The number of hydrogen-bond donors (Lipinski definition) is 0. The number of carbonyl (C=O) groups is 1. The summed E-state index contributed by atoms with van der Waals surface area (Å²) in [5.41, 5.74) is 1.86. The van der Waals surface area contributed by atoms with Gasteiger partial charge < -0.3 is 14.5 Å². The standard InChI is InChI=1S/C20H22Cl2N2O3S/c1-3-5-18(25)27-19-10-13-12-24(9-8-17(13)28-19)20(23-26-4-2)15-11-14(21)6-7-16(15)22/h6-7,10-11H,3-5,8-9,12H2,1-2H3/b23-20-. The Morgan fingerprint density at radius 3 is 2.86 bits per heavy atom. The molecule has 0 atom stereocenters. The third kappa shape index (κ3) is 4.99. The van der Waals surface area contributed by atoms with E-state index in [4.69, 9.17) is 32.8 Å². The molecule has 1 aliphatic heterocycles. The fourth-order valence-corrected chi connectivity index (χ4v) is 4.38. The molecule has 0 saturated heterocycles. The van der Waals surface area contributed by atoms with Crippen molar-refractivity contribution in [3.63, 3.8) is 0 Å². The maximum absolute atomic E-state index is 11.8. The Morgan fingerprint density at radius 1 is 1.29 bits per heavy atom. The van der Waals surface area contributed by atoms with Crippen molar-refractivity contribution >= 4 is 46.3 Å². The first-order valence-corrected chi connectivity index (χ1v) is 10.8. The van der Waals surface area contributed by atoms with Gasteiger partial charge in [0.2, 0.25) is 0 Å². The number of hydrogen-bond acceptors (Lipinski definition) is 5. The van der Waals surface area contributed by atoms with Crippen LogP contribution in [0.3, 0.4) is 0 Å². The van der Waals surface area contributed by atoms with Crippen molar-refractivity contribution in [2.24, 2.45) is 5.16 Å². The summed E-state index contributed by atoms with van der Waals surface area (Å²) in [6, 6.07) is 7.24. The molecule has 0 bridgehead atoms. The number of nitrogens with zero attached hydrogens (tertiary/aromatic N) is 2. The van der Waals surface area contributed by atoms with Gasteiger partial charge in [-0.25, -0.2) is 0 Å². The average Bonchev–Trinajstić information content (AvgIpc) is 3.06. The SMILES string of the molecule is CCCC(=O)Oc1cc2c(s1)CCN(/C(=N\OCC)c1cc(Cl)ccc1Cl)C2. The van der Waals surface area contributed by atoms with Crippen LogP contribution in [0.4, 0.5) is 0 Å². The summed E-state index contributed by atoms with van der Waals surface area (Å²) in [6.07, 6.45) is 2.02. The molecule has 2 heterocycles. The Hall–Kier alpha value is -1.76. The van der Waals surface area contributed by atoms with E-state index < -0.39 is 0 Å². The van der Waals surface area contributed by atoms with Gasteiger partial charge in [0, 0.05) is 35.0 Å². The van der Waals surface area contributed by atoms with Crippen molar-refractivity contribution in [1.29, 1.82) is 0 Å². The van der Waals surface area contributed by atoms with Crippen LogP contribution in [-0.4, -0.2) is 29.9 Å². The van der Waals surface area contributed by atoms with Gasteiger partial charge in [0.15, 0.2) is 10.9 Å². The molecular formula is C20H22Cl2N2O3S. The molecule has 0 unspecified atom stereocenters. The summed E-state index contributed by atoms with van der Waals surface area (Å²) in [5, 5.41) is 6.10. The van der Waals surface area contributed by atoms with Gasteiger partial charge in [-0.15, -0.1) is 11.3 Å². The van der Waals surface area contributed by atoms with Crippen LogP contribution >= 0.6 is 34.5 Å². The second-order valence-electron chi connectivity index (χ2n) is 6.37. The Labute approximate surface area is 178 Å². The fraction of sp³-hybridized carbons (Fsp3) is 0.400. The third-order valence-electron chi connectivity index (χ3n) is 4.26. The zero-order valence-corrected chi connectivity index (χ0v) is 18.2. The van der Waals surface area contributed by atoms with E-state index in [0.29, 0.717) is 40.5 Å². The lowest BCUT2D eigenvalue weighted by atomic mass is 10.1. The normalized spacial score (nSPS) is 14.0. The zero-order chi connectivity index (χ0) is 20.1. The summed E-state index contributed by atoms with van der Waals surface area (Å²) in [7, 11) is 0. The molecule has 2 aromatic rings. The van der Waals surface area contributed by atoms with E-state index in [1.54, 1.807) is 18.2 Å². The van der Waals surface area contributed by atoms with Crippen LogP contribution in [0.2, 0.25) is 10.0 Å². The number of benzene rings is 1. The average molecular weight is 441 g/mol. The van der Waals surface area contributed by atoms with Crippen molar-refractivity contribution in [1.82, 2.24) is 4.90 Å². The van der Waals surface area contributed by atoms with Gasteiger partial charge in [0.05, 0.1) is 5.02 Å². The lowest BCUT2D eigenvalue weighted by molar-refractivity contribution is -0.134. The maximum atomic E-state index is 11.8. The molecule has 28 heavy (non-hydrogen) atoms. The number of thiophene rings is 1. The molecule has 1 aromatic carbocycles. The van der Waals surface area contributed by atoms with Gasteiger partial charge in [0.1, 0.15) is 6.61 Å². The van der Waals surface area contributed by atoms with Crippen LogP contribution in [0, 0.1) is 0 Å². The minimum Gasteiger partial charge on any atom is -0.415 e. The number of carbonyl (C=O) groups excluding carboxylic acids is 1. The highest BCUT2D eigenvalue weighted by Crippen LogP contribution is 2.35. The van der Waals surface area contributed by atoms with E-state index in [9.17, 15) is 4.79 Å². The van der Waals surface area contributed by atoms with Crippen molar-refractivity contribution in [2.45, 2.75) is 39.7 Å². The van der Waals surface area contributed by atoms with E-state index in [1.807, 2.05) is 19.9 Å². The Morgan fingerprint density at radius 2 is 2.11 bits per heavy atom. The zero-order valence-electron chi connectivity index (χ0n) is 15.8.